The summed E-state index contributed by atoms with van der Waals surface area (Å²) in [5, 5.41) is 11.7. The summed E-state index contributed by atoms with van der Waals surface area (Å²) in [6.07, 6.45) is 4.62. The lowest BCUT2D eigenvalue weighted by molar-refractivity contribution is -0.121. The number of anilines is 2. The number of hydrogen-bond donors (Lipinski definition) is 1. The SMILES string of the molecule is O=C(CN1C(=O)CCOc2ccccc21)Nc1cccc(-c2nnc3n2CCCCC3)c1. The number of rotatable bonds is 4. The van der Waals surface area contributed by atoms with E-state index in [1.807, 2.05) is 42.5 Å². The Morgan fingerprint density at radius 1 is 1.03 bits per heavy atom. The number of carbonyl (C=O) groups is 2. The minimum Gasteiger partial charge on any atom is -0.491 e. The van der Waals surface area contributed by atoms with E-state index >= 15 is 0 Å². The van der Waals surface area contributed by atoms with Crippen molar-refractivity contribution in [2.75, 3.05) is 23.4 Å². The summed E-state index contributed by atoms with van der Waals surface area (Å²) in [7, 11) is 0. The maximum atomic E-state index is 12.8. The van der Waals surface area contributed by atoms with Crippen molar-refractivity contribution >= 4 is 23.2 Å². The first-order chi connectivity index (χ1) is 15.7. The summed E-state index contributed by atoms with van der Waals surface area (Å²) in [4.78, 5) is 26.9. The van der Waals surface area contributed by atoms with E-state index < -0.39 is 0 Å². The molecule has 164 valence electrons. The van der Waals surface area contributed by atoms with Gasteiger partial charge in [0.05, 0.1) is 18.7 Å². The first kappa shape index (κ1) is 20.2. The molecule has 1 N–H and O–H groups in total. The second kappa shape index (κ2) is 8.82. The molecular weight excluding hydrogens is 406 g/mol. The van der Waals surface area contributed by atoms with Crippen molar-refractivity contribution in [2.24, 2.45) is 0 Å². The standard InChI is InChI=1S/C24H25N5O3/c30-22(16-29-19-9-3-4-10-20(19)32-14-12-23(29)31)25-18-8-6-7-17(15-18)24-27-26-21-11-2-1-5-13-28(21)24/h3-4,6-10,15H,1-2,5,11-14,16H2,(H,25,30). The molecule has 0 unspecified atom stereocenters. The van der Waals surface area contributed by atoms with E-state index in [-0.39, 0.29) is 24.8 Å². The highest BCUT2D eigenvalue weighted by Crippen LogP contribution is 2.31. The third kappa shape index (κ3) is 4.08. The van der Waals surface area contributed by atoms with Crippen LogP contribution in [0, 0.1) is 0 Å². The molecule has 3 heterocycles. The summed E-state index contributed by atoms with van der Waals surface area (Å²) in [5.41, 5.74) is 2.18. The third-order valence-electron chi connectivity index (χ3n) is 5.85. The molecule has 2 aliphatic rings. The number of nitrogens with one attached hydrogen (secondary N) is 1. The number of aromatic nitrogens is 3. The summed E-state index contributed by atoms with van der Waals surface area (Å²) < 4.78 is 7.83. The highest BCUT2D eigenvalue weighted by molar-refractivity contribution is 6.03. The minimum absolute atomic E-state index is 0.0796. The van der Waals surface area contributed by atoms with Crippen LogP contribution in [0.4, 0.5) is 11.4 Å². The molecule has 0 saturated carbocycles. The predicted molar refractivity (Wildman–Crippen MR) is 121 cm³/mol. The summed E-state index contributed by atoms with van der Waals surface area (Å²) in [6, 6.07) is 14.9. The van der Waals surface area contributed by atoms with Crippen molar-refractivity contribution in [3.8, 4) is 17.1 Å². The van der Waals surface area contributed by atoms with Crippen LogP contribution in [0.5, 0.6) is 5.75 Å². The van der Waals surface area contributed by atoms with E-state index in [1.165, 1.54) is 11.3 Å². The monoisotopic (exact) mass is 431 g/mol. The van der Waals surface area contributed by atoms with E-state index in [0.29, 0.717) is 23.7 Å². The molecule has 0 saturated heterocycles. The molecule has 32 heavy (non-hydrogen) atoms. The van der Waals surface area contributed by atoms with Crippen LogP contribution in [0.25, 0.3) is 11.4 Å². The van der Waals surface area contributed by atoms with Crippen LogP contribution >= 0.6 is 0 Å². The summed E-state index contributed by atoms with van der Waals surface area (Å²) in [6.45, 7) is 1.13. The zero-order chi connectivity index (χ0) is 21.9. The van der Waals surface area contributed by atoms with Crippen molar-refractivity contribution < 1.29 is 14.3 Å². The van der Waals surface area contributed by atoms with Crippen LogP contribution in [-0.4, -0.2) is 39.7 Å². The molecule has 0 bridgehead atoms. The molecule has 0 fully saturated rings. The second-order valence-electron chi connectivity index (χ2n) is 8.08. The molecule has 1 aromatic heterocycles. The number of para-hydroxylation sites is 2. The van der Waals surface area contributed by atoms with Crippen LogP contribution < -0.4 is 15.0 Å². The first-order valence-corrected chi connectivity index (χ1v) is 11.0. The van der Waals surface area contributed by atoms with Gasteiger partial charge in [0.25, 0.3) is 0 Å². The van der Waals surface area contributed by atoms with Gasteiger partial charge >= 0.3 is 0 Å². The van der Waals surface area contributed by atoms with Gasteiger partial charge in [-0.1, -0.05) is 30.7 Å². The van der Waals surface area contributed by atoms with Gasteiger partial charge in [-0.2, -0.15) is 0 Å². The topological polar surface area (TPSA) is 89.3 Å². The number of carbonyl (C=O) groups excluding carboxylic acids is 2. The first-order valence-electron chi connectivity index (χ1n) is 11.0. The fraction of sp³-hybridized carbons (Fsp3) is 0.333. The molecule has 8 heteroatoms. The van der Waals surface area contributed by atoms with Crippen LogP contribution in [0.15, 0.2) is 48.5 Å². The van der Waals surface area contributed by atoms with E-state index in [2.05, 4.69) is 20.1 Å². The van der Waals surface area contributed by atoms with Crippen LogP contribution in [0.3, 0.4) is 0 Å². The maximum absolute atomic E-state index is 12.8. The third-order valence-corrected chi connectivity index (χ3v) is 5.85. The Hall–Kier alpha value is -3.68. The molecule has 0 spiro atoms. The van der Waals surface area contributed by atoms with Crippen molar-refractivity contribution in [2.45, 2.75) is 38.6 Å². The Morgan fingerprint density at radius 2 is 1.94 bits per heavy atom. The van der Waals surface area contributed by atoms with Crippen molar-refractivity contribution in [3.63, 3.8) is 0 Å². The van der Waals surface area contributed by atoms with Gasteiger partial charge < -0.3 is 14.6 Å². The Morgan fingerprint density at radius 3 is 2.88 bits per heavy atom. The number of aryl methyl sites for hydroxylation is 1. The van der Waals surface area contributed by atoms with Crippen molar-refractivity contribution in [1.82, 2.24) is 14.8 Å². The largest absolute Gasteiger partial charge is 0.491 e. The molecule has 2 amide bonds. The van der Waals surface area contributed by atoms with Crippen LogP contribution in [0.1, 0.15) is 31.5 Å². The number of amides is 2. The molecule has 0 atom stereocenters. The normalized spacial score (nSPS) is 15.8. The number of nitrogens with zero attached hydrogens (tertiary/aromatic N) is 4. The quantitative estimate of drug-likeness (QED) is 0.684. The number of benzene rings is 2. The Balaban J connectivity index is 1.34. The van der Waals surface area contributed by atoms with E-state index in [9.17, 15) is 9.59 Å². The molecule has 2 aliphatic heterocycles. The number of hydrogen-bond acceptors (Lipinski definition) is 5. The second-order valence-corrected chi connectivity index (χ2v) is 8.08. The van der Waals surface area contributed by atoms with Gasteiger partial charge in [-0.05, 0) is 37.1 Å². The fourth-order valence-electron chi connectivity index (χ4n) is 4.27. The highest BCUT2D eigenvalue weighted by atomic mass is 16.5. The fourth-order valence-corrected chi connectivity index (χ4v) is 4.27. The molecule has 0 aliphatic carbocycles. The number of ether oxygens (including phenoxy) is 1. The van der Waals surface area contributed by atoms with Crippen molar-refractivity contribution in [1.29, 1.82) is 0 Å². The van der Waals surface area contributed by atoms with Crippen molar-refractivity contribution in [3.05, 3.63) is 54.4 Å². The van der Waals surface area contributed by atoms with Gasteiger partial charge in [0.2, 0.25) is 11.8 Å². The summed E-state index contributed by atoms with van der Waals surface area (Å²) in [5.74, 6) is 2.05. The zero-order valence-corrected chi connectivity index (χ0v) is 17.8. The van der Waals surface area contributed by atoms with Gasteiger partial charge in [-0.3, -0.25) is 14.5 Å². The minimum atomic E-state index is -0.271. The van der Waals surface area contributed by atoms with Gasteiger partial charge in [0.1, 0.15) is 18.1 Å². The van der Waals surface area contributed by atoms with E-state index in [4.69, 9.17) is 4.74 Å². The summed E-state index contributed by atoms with van der Waals surface area (Å²) >= 11 is 0. The van der Waals surface area contributed by atoms with Crippen LogP contribution in [0.2, 0.25) is 0 Å². The van der Waals surface area contributed by atoms with E-state index in [0.717, 1.165) is 43.0 Å². The lowest BCUT2D eigenvalue weighted by Gasteiger charge is -2.21. The number of fused-ring (bicyclic) bond motifs is 2. The van der Waals surface area contributed by atoms with Gasteiger partial charge in [0.15, 0.2) is 5.82 Å². The Kier molecular flexibility index (Phi) is 5.58. The molecule has 0 radical (unpaired) electrons. The molecule has 3 aromatic rings. The molecule has 5 rings (SSSR count). The average molecular weight is 431 g/mol. The maximum Gasteiger partial charge on any atom is 0.244 e. The lowest BCUT2D eigenvalue weighted by Crippen LogP contribution is -2.37. The highest BCUT2D eigenvalue weighted by Gasteiger charge is 2.25. The molecular formula is C24H25N5O3. The van der Waals surface area contributed by atoms with Gasteiger partial charge in [-0.15, -0.1) is 10.2 Å². The molecule has 2 aromatic carbocycles. The van der Waals surface area contributed by atoms with E-state index in [1.54, 1.807) is 6.07 Å². The molecule has 8 nitrogen and oxygen atoms in total. The van der Waals surface area contributed by atoms with Crippen LogP contribution in [-0.2, 0) is 22.6 Å². The smallest absolute Gasteiger partial charge is 0.244 e. The Labute approximate surface area is 186 Å². The lowest BCUT2D eigenvalue weighted by atomic mass is 10.2. The van der Waals surface area contributed by atoms with Gasteiger partial charge in [-0.25, -0.2) is 0 Å². The predicted octanol–water partition coefficient (Wildman–Crippen LogP) is 3.43. The van der Waals surface area contributed by atoms with Gasteiger partial charge in [0, 0.05) is 24.2 Å². The average Bonchev–Trinajstić information content (AvgIpc) is 2.96. The zero-order valence-electron chi connectivity index (χ0n) is 17.8. The Bertz CT molecular complexity index is 1160.